The standard InChI is InChI=1S/C11H12N2O4/c1-17-11(16)10(15)9(14)8-3-2-7(13)4-6(8)5-12/h2-4,9-10,14-15H,13H2,1H3. The Labute approximate surface area is 97.9 Å². The van der Waals surface area contributed by atoms with Gasteiger partial charge in [0, 0.05) is 11.3 Å². The second-order valence-electron chi connectivity index (χ2n) is 3.37. The highest BCUT2D eigenvalue weighted by atomic mass is 16.5. The number of hydrogen-bond donors (Lipinski definition) is 3. The third kappa shape index (κ3) is 2.72. The van der Waals surface area contributed by atoms with Crippen molar-refractivity contribution in [1.82, 2.24) is 0 Å². The van der Waals surface area contributed by atoms with Crippen molar-refractivity contribution in [2.24, 2.45) is 0 Å². The van der Waals surface area contributed by atoms with Gasteiger partial charge in [0.2, 0.25) is 0 Å². The summed E-state index contributed by atoms with van der Waals surface area (Å²) in [7, 11) is 1.09. The van der Waals surface area contributed by atoms with Crippen molar-refractivity contribution in [3.05, 3.63) is 29.3 Å². The van der Waals surface area contributed by atoms with Crippen molar-refractivity contribution < 1.29 is 19.7 Å². The Balaban J connectivity index is 3.08. The number of esters is 1. The average molecular weight is 236 g/mol. The van der Waals surface area contributed by atoms with Crippen LogP contribution >= 0.6 is 0 Å². The van der Waals surface area contributed by atoms with Crippen LogP contribution in [0.4, 0.5) is 5.69 Å². The van der Waals surface area contributed by atoms with E-state index in [0.29, 0.717) is 5.69 Å². The first-order valence-corrected chi connectivity index (χ1v) is 4.74. The smallest absolute Gasteiger partial charge is 0.337 e. The molecule has 2 atom stereocenters. The second kappa shape index (κ2) is 5.30. The zero-order chi connectivity index (χ0) is 13.0. The Hall–Kier alpha value is -2.10. The first kappa shape index (κ1) is 13.0. The lowest BCUT2D eigenvalue weighted by Gasteiger charge is -2.17. The summed E-state index contributed by atoms with van der Waals surface area (Å²) in [5.74, 6) is -0.974. The zero-order valence-corrected chi connectivity index (χ0v) is 9.12. The molecule has 0 fully saturated rings. The summed E-state index contributed by atoms with van der Waals surface area (Å²) < 4.78 is 4.30. The number of aliphatic hydroxyl groups excluding tert-OH is 2. The molecule has 1 aromatic rings. The van der Waals surface area contributed by atoms with E-state index in [0.717, 1.165) is 7.11 Å². The molecular formula is C11H12N2O4. The normalized spacial score (nSPS) is 13.5. The topological polar surface area (TPSA) is 117 Å². The number of hydrogen-bond acceptors (Lipinski definition) is 6. The van der Waals surface area contributed by atoms with Gasteiger partial charge in [-0.15, -0.1) is 0 Å². The molecule has 4 N–H and O–H groups in total. The van der Waals surface area contributed by atoms with Crippen molar-refractivity contribution in [2.75, 3.05) is 12.8 Å². The quantitative estimate of drug-likeness (QED) is 0.490. The SMILES string of the molecule is COC(=O)C(O)C(O)c1ccc(N)cc1C#N. The van der Waals surface area contributed by atoms with Crippen LogP contribution in [0.15, 0.2) is 18.2 Å². The number of nitrogen functional groups attached to an aromatic ring is 1. The van der Waals surface area contributed by atoms with Crippen LogP contribution in [-0.2, 0) is 9.53 Å². The monoisotopic (exact) mass is 236 g/mol. The van der Waals surface area contributed by atoms with E-state index in [1.807, 2.05) is 6.07 Å². The molecule has 0 aliphatic carbocycles. The average Bonchev–Trinajstić information content (AvgIpc) is 2.35. The van der Waals surface area contributed by atoms with E-state index in [4.69, 9.17) is 11.0 Å². The first-order chi connectivity index (χ1) is 8.01. The van der Waals surface area contributed by atoms with Gasteiger partial charge < -0.3 is 20.7 Å². The number of anilines is 1. The molecule has 0 aliphatic rings. The van der Waals surface area contributed by atoms with E-state index in [1.165, 1.54) is 18.2 Å². The minimum atomic E-state index is -1.74. The molecule has 0 radical (unpaired) electrons. The largest absolute Gasteiger partial charge is 0.467 e. The molecule has 0 amide bonds. The van der Waals surface area contributed by atoms with Gasteiger partial charge in [-0.05, 0) is 12.1 Å². The Bertz CT molecular complexity index is 467. The summed E-state index contributed by atoms with van der Waals surface area (Å²) in [5, 5.41) is 28.1. The lowest BCUT2D eigenvalue weighted by Crippen LogP contribution is -2.29. The Morgan fingerprint density at radius 3 is 2.71 bits per heavy atom. The van der Waals surface area contributed by atoms with Crippen LogP contribution in [-0.4, -0.2) is 29.4 Å². The van der Waals surface area contributed by atoms with Crippen LogP contribution in [0, 0.1) is 11.3 Å². The van der Waals surface area contributed by atoms with Crippen molar-refractivity contribution >= 4 is 11.7 Å². The second-order valence-corrected chi connectivity index (χ2v) is 3.37. The third-order valence-corrected chi connectivity index (χ3v) is 2.26. The van der Waals surface area contributed by atoms with Crippen molar-refractivity contribution in [2.45, 2.75) is 12.2 Å². The van der Waals surface area contributed by atoms with Gasteiger partial charge in [-0.2, -0.15) is 5.26 Å². The maximum absolute atomic E-state index is 11.1. The maximum atomic E-state index is 11.1. The molecular weight excluding hydrogens is 224 g/mol. The molecule has 0 heterocycles. The predicted octanol–water partition coefficient (Wildman–Crippen LogP) is -0.292. The van der Waals surface area contributed by atoms with Crippen LogP contribution < -0.4 is 5.73 Å². The summed E-state index contributed by atoms with van der Waals surface area (Å²) >= 11 is 0. The number of nitrogens with zero attached hydrogens (tertiary/aromatic N) is 1. The fourth-order valence-electron chi connectivity index (χ4n) is 1.35. The van der Waals surface area contributed by atoms with E-state index in [9.17, 15) is 15.0 Å². The molecule has 0 aromatic heterocycles. The van der Waals surface area contributed by atoms with Gasteiger partial charge in [0.25, 0.3) is 0 Å². The molecule has 90 valence electrons. The van der Waals surface area contributed by atoms with Crippen LogP contribution in [0.5, 0.6) is 0 Å². The molecule has 17 heavy (non-hydrogen) atoms. The van der Waals surface area contributed by atoms with Crippen LogP contribution in [0.2, 0.25) is 0 Å². The van der Waals surface area contributed by atoms with Crippen LogP contribution in [0.25, 0.3) is 0 Å². The van der Waals surface area contributed by atoms with E-state index >= 15 is 0 Å². The lowest BCUT2D eigenvalue weighted by molar-refractivity contribution is -0.156. The lowest BCUT2D eigenvalue weighted by atomic mass is 9.98. The molecule has 2 unspecified atom stereocenters. The Morgan fingerprint density at radius 1 is 1.53 bits per heavy atom. The molecule has 6 nitrogen and oxygen atoms in total. The number of aliphatic hydroxyl groups is 2. The molecule has 1 rings (SSSR count). The summed E-state index contributed by atoms with van der Waals surface area (Å²) in [5.41, 5.74) is 6.05. The number of carbonyl (C=O) groups is 1. The number of nitrogens with two attached hydrogens (primary N) is 1. The fourth-order valence-corrected chi connectivity index (χ4v) is 1.35. The number of benzene rings is 1. The number of rotatable bonds is 3. The molecule has 0 aliphatic heterocycles. The summed E-state index contributed by atoms with van der Waals surface area (Å²) in [6.07, 6.45) is -3.27. The molecule has 0 bridgehead atoms. The van der Waals surface area contributed by atoms with Crippen LogP contribution in [0.1, 0.15) is 17.2 Å². The van der Waals surface area contributed by atoms with E-state index in [1.54, 1.807) is 0 Å². The highest BCUT2D eigenvalue weighted by Gasteiger charge is 2.28. The number of ether oxygens (including phenoxy) is 1. The summed E-state index contributed by atoms with van der Waals surface area (Å²) in [4.78, 5) is 11.1. The van der Waals surface area contributed by atoms with Gasteiger partial charge >= 0.3 is 5.97 Å². The minimum absolute atomic E-state index is 0.0976. The predicted molar refractivity (Wildman–Crippen MR) is 58.6 cm³/mol. The van der Waals surface area contributed by atoms with Gasteiger partial charge in [-0.25, -0.2) is 4.79 Å². The highest BCUT2D eigenvalue weighted by molar-refractivity contribution is 5.75. The summed E-state index contributed by atoms with van der Waals surface area (Å²) in [6.45, 7) is 0. The Morgan fingerprint density at radius 2 is 2.18 bits per heavy atom. The van der Waals surface area contributed by atoms with E-state index in [2.05, 4.69) is 4.74 Å². The third-order valence-electron chi connectivity index (χ3n) is 2.26. The minimum Gasteiger partial charge on any atom is -0.467 e. The van der Waals surface area contributed by atoms with E-state index in [-0.39, 0.29) is 11.1 Å². The van der Waals surface area contributed by atoms with Gasteiger partial charge in [-0.3, -0.25) is 0 Å². The van der Waals surface area contributed by atoms with E-state index < -0.39 is 18.2 Å². The van der Waals surface area contributed by atoms with Gasteiger partial charge in [-0.1, -0.05) is 6.07 Å². The molecule has 6 heteroatoms. The molecule has 0 saturated heterocycles. The van der Waals surface area contributed by atoms with Crippen molar-refractivity contribution in [1.29, 1.82) is 5.26 Å². The van der Waals surface area contributed by atoms with Gasteiger partial charge in [0.1, 0.15) is 6.10 Å². The molecule has 0 spiro atoms. The summed E-state index contributed by atoms with van der Waals surface area (Å²) in [6, 6.07) is 6.02. The molecule has 1 aromatic carbocycles. The molecule has 0 saturated carbocycles. The zero-order valence-electron chi connectivity index (χ0n) is 9.12. The number of methoxy groups -OCH3 is 1. The maximum Gasteiger partial charge on any atom is 0.337 e. The fraction of sp³-hybridized carbons (Fsp3) is 0.273. The Kier molecular flexibility index (Phi) is 4.04. The first-order valence-electron chi connectivity index (χ1n) is 4.74. The van der Waals surface area contributed by atoms with Crippen molar-refractivity contribution in [3.63, 3.8) is 0 Å². The van der Waals surface area contributed by atoms with Gasteiger partial charge in [0.05, 0.1) is 18.7 Å². The van der Waals surface area contributed by atoms with Crippen molar-refractivity contribution in [3.8, 4) is 6.07 Å². The van der Waals surface area contributed by atoms with Gasteiger partial charge in [0.15, 0.2) is 6.10 Å². The van der Waals surface area contributed by atoms with Crippen LogP contribution in [0.3, 0.4) is 0 Å². The highest BCUT2D eigenvalue weighted by Crippen LogP contribution is 2.23. The number of nitriles is 1. The number of carbonyl (C=O) groups excluding carboxylic acids is 1.